The molecule has 3 rings (SSSR count). The van der Waals surface area contributed by atoms with Crippen LogP contribution >= 0.6 is 11.6 Å². The summed E-state index contributed by atoms with van der Waals surface area (Å²) in [5.74, 6) is -1.66. The lowest BCUT2D eigenvalue weighted by Crippen LogP contribution is -2.34. The summed E-state index contributed by atoms with van der Waals surface area (Å²) >= 11 is 5.95. The molecule has 0 radical (unpaired) electrons. The number of hydrogen-bond acceptors (Lipinski definition) is 8. The van der Waals surface area contributed by atoms with Gasteiger partial charge in [-0.15, -0.1) is 0 Å². The van der Waals surface area contributed by atoms with Crippen molar-refractivity contribution in [3.05, 3.63) is 63.2 Å². The lowest BCUT2D eigenvalue weighted by molar-refractivity contribution is -0.384. The van der Waals surface area contributed by atoms with E-state index in [2.05, 4.69) is 15.0 Å². The van der Waals surface area contributed by atoms with Crippen LogP contribution in [0.15, 0.2) is 52.4 Å². The highest BCUT2D eigenvalue weighted by molar-refractivity contribution is 7.90. The van der Waals surface area contributed by atoms with Gasteiger partial charge in [-0.3, -0.25) is 24.6 Å². The molecule has 168 valence electrons. The Morgan fingerprint density at radius 2 is 1.91 bits per heavy atom. The summed E-state index contributed by atoms with van der Waals surface area (Å²) in [6.45, 7) is 2.68. The second kappa shape index (κ2) is 8.93. The van der Waals surface area contributed by atoms with Crippen LogP contribution in [-0.2, 0) is 24.3 Å². The first kappa shape index (κ1) is 23.2. The zero-order chi connectivity index (χ0) is 23.6. The number of nitrogens with one attached hydrogen (secondary N) is 2. The number of hydrogen-bond donors (Lipinski definition) is 2. The van der Waals surface area contributed by atoms with E-state index in [-0.39, 0.29) is 27.1 Å². The average Bonchev–Trinajstić information content (AvgIpc) is 2.99. The summed E-state index contributed by atoms with van der Waals surface area (Å²) < 4.78 is 31.6. The lowest BCUT2D eigenvalue weighted by Gasteiger charge is -2.16. The van der Waals surface area contributed by atoms with Crippen molar-refractivity contribution in [2.24, 2.45) is 4.99 Å². The zero-order valence-corrected chi connectivity index (χ0v) is 18.3. The fourth-order valence-electron chi connectivity index (χ4n) is 2.76. The van der Waals surface area contributed by atoms with E-state index in [1.165, 1.54) is 32.0 Å². The number of non-ortho nitro benzene ring substituents is 1. The number of fused-ring (bicyclic) bond motifs is 1. The molecule has 1 aliphatic rings. The molecule has 1 heterocycles. The normalized spacial score (nSPS) is 17.0. The molecule has 0 aromatic heterocycles. The van der Waals surface area contributed by atoms with Crippen LogP contribution in [0.4, 0.5) is 11.4 Å². The van der Waals surface area contributed by atoms with E-state index in [0.29, 0.717) is 5.56 Å². The van der Waals surface area contributed by atoms with E-state index in [0.717, 1.165) is 6.07 Å². The van der Waals surface area contributed by atoms with E-state index in [4.69, 9.17) is 16.3 Å². The van der Waals surface area contributed by atoms with Gasteiger partial charge >= 0.3 is 5.97 Å². The molecular weight excluding hydrogens is 464 g/mol. The number of ether oxygens (including phenoxy) is 1. The number of carbonyl (C=O) groups excluding carboxylic acids is 2. The summed E-state index contributed by atoms with van der Waals surface area (Å²) in [5.41, 5.74) is 0.0235. The lowest BCUT2D eigenvalue weighted by atomic mass is 10.2. The van der Waals surface area contributed by atoms with Crippen molar-refractivity contribution in [3.8, 4) is 0 Å². The number of carbonyl (C=O) groups is 2. The van der Waals surface area contributed by atoms with Gasteiger partial charge in [0.15, 0.2) is 6.10 Å². The molecule has 1 aliphatic heterocycles. The molecule has 32 heavy (non-hydrogen) atoms. The monoisotopic (exact) mass is 480 g/mol. The maximum absolute atomic E-state index is 12.4. The molecule has 0 bridgehead atoms. The first-order valence-corrected chi connectivity index (χ1v) is 11.0. The van der Waals surface area contributed by atoms with Crippen LogP contribution in [-0.4, -0.2) is 43.2 Å². The highest BCUT2D eigenvalue weighted by Crippen LogP contribution is 2.27. The van der Waals surface area contributed by atoms with Gasteiger partial charge in [0.25, 0.3) is 21.6 Å². The molecule has 2 N–H and O–H groups in total. The SMILES string of the molecule is CC(OC(=O)[C@H](C)N=C1NS(=O)(=O)c2ccccc21)C(=O)Nc1cc([N+](=O)[O-])ccc1Cl. The molecule has 0 saturated carbocycles. The number of halogens is 1. The van der Waals surface area contributed by atoms with Crippen molar-refractivity contribution >= 4 is 50.7 Å². The van der Waals surface area contributed by atoms with Crippen molar-refractivity contribution in [2.45, 2.75) is 30.9 Å². The standard InChI is InChI=1S/C19H17ClN4O7S/c1-10(21-17-13-5-3-4-6-16(13)32(29,30)23-17)19(26)31-11(2)18(25)22-15-9-12(24(27)28)7-8-14(15)20/h3-11H,1-2H3,(H,21,23)(H,22,25)/t10-,11?/m0/s1. The molecule has 2 atom stereocenters. The molecule has 2 aromatic rings. The first-order chi connectivity index (χ1) is 15.0. The molecule has 1 unspecified atom stereocenters. The third-order valence-corrected chi connectivity index (χ3v) is 6.13. The van der Waals surface area contributed by atoms with Gasteiger partial charge in [-0.05, 0) is 32.0 Å². The van der Waals surface area contributed by atoms with Crippen molar-refractivity contribution in [2.75, 3.05) is 5.32 Å². The maximum Gasteiger partial charge on any atom is 0.331 e. The summed E-state index contributed by atoms with van der Waals surface area (Å²) in [6.07, 6.45) is -1.28. The number of nitro benzene ring substituents is 1. The minimum absolute atomic E-state index is 0.00877. The van der Waals surface area contributed by atoms with Crippen LogP contribution in [0.1, 0.15) is 19.4 Å². The molecule has 1 amide bonds. The molecule has 0 aliphatic carbocycles. The third-order valence-electron chi connectivity index (χ3n) is 4.41. The highest BCUT2D eigenvalue weighted by atomic mass is 35.5. The number of benzene rings is 2. The minimum atomic E-state index is -3.77. The molecule has 0 spiro atoms. The first-order valence-electron chi connectivity index (χ1n) is 9.15. The molecule has 13 heteroatoms. The maximum atomic E-state index is 12.4. The number of amidine groups is 1. The van der Waals surface area contributed by atoms with Gasteiger partial charge in [-0.2, -0.15) is 0 Å². The van der Waals surface area contributed by atoms with Gasteiger partial charge < -0.3 is 10.1 Å². The van der Waals surface area contributed by atoms with Gasteiger partial charge in [0, 0.05) is 17.7 Å². The molecule has 11 nitrogen and oxygen atoms in total. The van der Waals surface area contributed by atoms with Gasteiger partial charge in [-0.25, -0.2) is 13.2 Å². The van der Waals surface area contributed by atoms with E-state index >= 15 is 0 Å². The van der Waals surface area contributed by atoms with Crippen LogP contribution in [0.3, 0.4) is 0 Å². The minimum Gasteiger partial charge on any atom is -0.451 e. The van der Waals surface area contributed by atoms with Gasteiger partial charge in [0.05, 0.1) is 20.5 Å². The molecule has 0 saturated heterocycles. The van der Waals surface area contributed by atoms with Gasteiger partial charge in [-0.1, -0.05) is 23.7 Å². The Morgan fingerprint density at radius 1 is 1.22 bits per heavy atom. The van der Waals surface area contributed by atoms with Crippen molar-refractivity contribution in [1.29, 1.82) is 0 Å². The van der Waals surface area contributed by atoms with Crippen molar-refractivity contribution in [1.82, 2.24) is 4.72 Å². The van der Waals surface area contributed by atoms with Crippen LogP contribution < -0.4 is 10.0 Å². The van der Waals surface area contributed by atoms with Crippen LogP contribution in [0, 0.1) is 10.1 Å². The largest absolute Gasteiger partial charge is 0.451 e. The Hall–Kier alpha value is -3.51. The Morgan fingerprint density at radius 3 is 2.59 bits per heavy atom. The topological polar surface area (TPSA) is 157 Å². The van der Waals surface area contributed by atoms with E-state index in [1.807, 2.05) is 0 Å². The van der Waals surface area contributed by atoms with Crippen LogP contribution in [0.5, 0.6) is 0 Å². The molecule has 0 fully saturated rings. The number of amides is 1. The van der Waals surface area contributed by atoms with Crippen molar-refractivity contribution in [3.63, 3.8) is 0 Å². The average molecular weight is 481 g/mol. The van der Waals surface area contributed by atoms with Crippen LogP contribution in [0.25, 0.3) is 0 Å². The summed E-state index contributed by atoms with van der Waals surface area (Å²) in [7, 11) is -3.77. The zero-order valence-electron chi connectivity index (χ0n) is 16.7. The number of rotatable bonds is 6. The quantitative estimate of drug-likeness (QED) is 0.364. The smallest absolute Gasteiger partial charge is 0.331 e. The Kier molecular flexibility index (Phi) is 6.46. The summed E-state index contributed by atoms with van der Waals surface area (Å²) in [6, 6.07) is 8.53. The van der Waals surface area contributed by atoms with E-state index in [9.17, 15) is 28.1 Å². The number of nitrogens with zero attached hydrogens (tertiary/aromatic N) is 2. The number of aliphatic imine (C=N–C) groups is 1. The van der Waals surface area contributed by atoms with Gasteiger partial charge in [0.1, 0.15) is 11.9 Å². The second-order valence-corrected chi connectivity index (χ2v) is 8.80. The third kappa shape index (κ3) is 4.86. The second-order valence-electron chi connectivity index (χ2n) is 6.74. The van der Waals surface area contributed by atoms with Gasteiger partial charge in [0.2, 0.25) is 0 Å². The fourth-order valence-corrected chi connectivity index (χ4v) is 4.16. The van der Waals surface area contributed by atoms with E-state index in [1.54, 1.807) is 18.2 Å². The molecule has 2 aromatic carbocycles. The van der Waals surface area contributed by atoms with E-state index < -0.39 is 39.0 Å². The fraction of sp³-hybridized carbons (Fsp3) is 0.211. The Balaban J connectivity index is 1.68. The highest BCUT2D eigenvalue weighted by Gasteiger charge is 2.32. The number of esters is 1. The summed E-state index contributed by atoms with van der Waals surface area (Å²) in [4.78, 5) is 39.1. The van der Waals surface area contributed by atoms with Crippen molar-refractivity contribution < 1.29 is 27.7 Å². The predicted octanol–water partition coefficient (Wildman–Crippen LogP) is 2.25. The summed E-state index contributed by atoms with van der Waals surface area (Å²) in [5, 5.41) is 13.3. The number of anilines is 1. The predicted molar refractivity (Wildman–Crippen MR) is 115 cm³/mol. The Labute approximate surface area is 187 Å². The molecular formula is C19H17ClN4O7S. The Bertz CT molecular complexity index is 1250. The number of sulfonamides is 1. The number of nitro groups is 1. The van der Waals surface area contributed by atoms with Crippen LogP contribution in [0.2, 0.25) is 5.02 Å².